The molecule has 0 fully saturated rings. The number of allylic oxidation sites excluding steroid dienone is 3. The van der Waals surface area contributed by atoms with Crippen LogP contribution in [0.3, 0.4) is 0 Å². The molecule has 1 aliphatic heterocycles. The monoisotopic (exact) mass is 509 g/mol. The molecule has 1 aliphatic carbocycles. The van der Waals surface area contributed by atoms with Gasteiger partial charge in [-0.25, -0.2) is 0 Å². The van der Waals surface area contributed by atoms with Crippen molar-refractivity contribution in [3.8, 4) is 5.69 Å². The zero-order valence-corrected chi connectivity index (χ0v) is 22.5. The third-order valence-electron chi connectivity index (χ3n) is 8.43. The Balaban J connectivity index is 1.35. The number of aliphatic hydroxyl groups is 1. The van der Waals surface area contributed by atoms with Crippen LogP contribution in [0.5, 0.6) is 0 Å². The number of aryl methyl sites for hydroxylation is 1. The van der Waals surface area contributed by atoms with Crippen LogP contribution in [0.2, 0.25) is 0 Å². The molecular weight excluding hydrogens is 480 g/mol. The maximum absolute atomic E-state index is 13.7. The highest BCUT2D eigenvalue weighted by atomic mass is 16.3. The van der Waals surface area contributed by atoms with E-state index in [2.05, 4.69) is 90.6 Å². The van der Waals surface area contributed by atoms with E-state index in [0.717, 1.165) is 33.6 Å². The standard InChI is InChI=1S/C35H28N2O2/c1-21-13-16-23(17-14-21)37-20-27(25-11-7-8-12-28(25)37)31-33(38)26(34(31)39)19-30-35(2,3)32-24-10-6-5-9-22(24)15-18-29(32)36(30)4/h5-20H,1-4H3/p+1. The minimum Gasteiger partial charge on any atom is -0.506 e. The predicted octanol–water partition coefficient (Wildman–Crippen LogP) is 7.58. The Morgan fingerprint density at radius 1 is 0.872 bits per heavy atom. The van der Waals surface area contributed by atoms with Crippen molar-refractivity contribution in [2.75, 3.05) is 7.05 Å². The molecule has 0 bridgehead atoms. The van der Waals surface area contributed by atoms with Gasteiger partial charge in [0, 0.05) is 40.5 Å². The van der Waals surface area contributed by atoms with Gasteiger partial charge in [-0.2, -0.15) is 4.58 Å². The number of aliphatic hydroxyl groups excluding tert-OH is 1. The summed E-state index contributed by atoms with van der Waals surface area (Å²) >= 11 is 0. The van der Waals surface area contributed by atoms with Gasteiger partial charge in [-0.15, -0.1) is 0 Å². The summed E-state index contributed by atoms with van der Waals surface area (Å²) in [7, 11) is 2.04. The molecule has 7 rings (SSSR count). The molecular formula is C35H29N2O2+. The molecule has 4 heteroatoms. The molecule has 4 nitrogen and oxygen atoms in total. The van der Waals surface area contributed by atoms with Crippen molar-refractivity contribution in [2.24, 2.45) is 0 Å². The van der Waals surface area contributed by atoms with Gasteiger partial charge < -0.3 is 9.67 Å². The van der Waals surface area contributed by atoms with Crippen molar-refractivity contribution < 1.29 is 14.5 Å². The lowest BCUT2D eigenvalue weighted by atomic mass is 9.76. The highest BCUT2D eigenvalue weighted by Crippen LogP contribution is 2.46. The SMILES string of the molecule is Cc1ccc(-n2cc(C3=C(O)/C(=C/C4=[N+](C)c5ccc6ccccc6c5C4(C)C)C3=O)c3ccccc32)cc1. The van der Waals surface area contributed by atoms with Gasteiger partial charge in [0.2, 0.25) is 11.5 Å². The summed E-state index contributed by atoms with van der Waals surface area (Å²) in [5.74, 6) is -0.0684. The van der Waals surface area contributed by atoms with E-state index < -0.39 is 0 Å². The van der Waals surface area contributed by atoms with Gasteiger partial charge >= 0.3 is 0 Å². The lowest BCUT2D eigenvalue weighted by Crippen LogP contribution is -2.30. The van der Waals surface area contributed by atoms with E-state index >= 15 is 0 Å². The number of rotatable bonds is 3. The largest absolute Gasteiger partial charge is 0.506 e. The van der Waals surface area contributed by atoms with Crippen LogP contribution in [0.1, 0.15) is 30.5 Å². The molecule has 2 heterocycles. The van der Waals surface area contributed by atoms with Gasteiger partial charge in [-0.3, -0.25) is 4.79 Å². The van der Waals surface area contributed by atoms with Crippen molar-refractivity contribution >= 4 is 44.4 Å². The summed E-state index contributed by atoms with van der Waals surface area (Å²) in [6.07, 6.45) is 3.85. The lowest BCUT2D eigenvalue weighted by Gasteiger charge is -2.23. The molecule has 190 valence electrons. The maximum Gasteiger partial charge on any atom is 0.210 e. The Bertz CT molecular complexity index is 1960. The number of benzene rings is 4. The average molecular weight is 510 g/mol. The Labute approximate surface area is 227 Å². The van der Waals surface area contributed by atoms with Crippen molar-refractivity contribution in [1.29, 1.82) is 0 Å². The third-order valence-corrected chi connectivity index (χ3v) is 8.43. The van der Waals surface area contributed by atoms with E-state index in [9.17, 15) is 9.90 Å². The fraction of sp³-hybridized carbons (Fsp3) is 0.143. The first-order valence-electron chi connectivity index (χ1n) is 13.3. The molecule has 0 radical (unpaired) electrons. The highest BCUT2D eigenvalue weighted by Gasteiger charge is 2.46. The molecule has 0 saturated carbocycles. The van der Waals surface area contributed by atoms with Crippen LogP contribution in [-0.4, -0.2) is 32.8 Å². The number of nitrogens with zero attached hydrogens (tertiary/aromatic N) is 2. The molecule has 0 atom stereocenters. The summed E-state index contributed by atoms with van der Waals surface area (Å²) < 4.78 is 4.24. The quantitative estimate of drug-likeness (QED) is 0.201. The zero-order valence-electron chi connectivity index (χ0n) is 22.5. The van der Waals surface area contributed by atoms with Crippen LogP contribution >= 0.6 is 0 Å². The summed E-state index contributed by atoms with van der Waals surface area (Å²) in [6, 6.07) is 29.0. The fourth-order valence-corrected chi connectivity index (χ4v) is 6.39. The number of Topliss-reactive ketones (excluding diaryl/α,β-unsaturated/α-hetero) is 1. The first-order chi connectivity index (χ1) is 18.8. The fourth-order valence-electron chi connectivity index (χ4n) is 6.39. The number of fused-ring (bicyclic) bond motifs is 4. The van der Waals surface area contributed by atoms with Crippen LogP contribution < -0.4 is 0 Å². The van der Waals surface area contributed by atoms with Crippen LogP contribution in [0.25, 0.3) is 32.9 Å². The van der Waals surface area contributed by atoms with Gasteiger partial charge in [0.1, 0.15) is 12.8 Å². The summed E-state index contributed by atoms with van der Waals surface area (Å²) in [6.45, 7) is 6.44. The third kappa shape index (κ3) is 3.24. The number of hydrogen-bond acceptors (Lipinski definition) is 2. The van der Waals surface area contributed by atoms with Crippen molar-refractivity contribution in [3.63, 3.8) is 0 Å². The smallest absolute Gasteiger partial charge is 0.210 e. The Hall–Kier alpha value is -4.70. The van der Waals surface area contributed by atoms with Crippen molar-refractivity contribution in [1.82, 2.24) is 4.57 Å². The molecule has 39 heavy (non-hydrogen) atoms. The minimum absolute atomic E-state index is 0.0596. The Kier molecular flexibility index (Phi) is 4.89. The second kappa shape index (κ2) is 8.15. The number of ketones is 1. The first kappa shape index (κ1) is 23.4. The van der Waals surface area contributed by atoms with Crippen molar-refractivity contribution in [3.05, 3.63) is 125 Å². The number of carbonyl (C=O) groups excluding carboxylic acids is 1. The number of hydrogen-bond donors (Lipinski definition) is 1. The molecule has 0 unspecified atom stereocenters. The normalized spacial score (nSPS) is 17.4. The van der Waals surface area contributed by atoms with E-state index in [1.54, 1.807) is 0 Å². The van der Waals surface area contributed by atoms with E-state index in [1.807, 2.05) is 43.6 Å². The molecule has 0 amide bonds. The number of carbonyl (C=O) groups is 1. The van der Waals surface area contributed by atoms with E-state index in [-0.39, 0.29) is 17.0 Å². The second-order valence-electron chi connectivity index (χ2n) is 11.1. The van der Waals surface area contributed by atoms with Crippen molar-refractivity contribution in [2.45, 2.75) is 26.2 Å². The topological polar surface area (TPSA) is 45.2 Å². The molecule has 5 aromatic rings. The molecule has 0 spiro atoms. The lowest BCUT2D eigenvalue weighted by molar-refractivity contribution is -0.401. The van der Waals surface area contributed by atoms with Gasteiger partial charge in [0.05, 0.1) is 22.1 Å². The molecule has 0 saturated heterocycles. The average Bonchev–Trinajstić information content (AvgIpc) is 3.40. The van der Waals surface area contributed by atoms with Crippen LogP contribution in [0.4, 0.5) is 5.69 Å². The van der Waals surface area contributed by atoms with E-state index in [4.69, 9.17) is 0 Å². The first-order valence-corrected chi connectivity index (χ1v) is 13.3. The molecule has 4 aromatic carbocycles. The van der Waals surface area contributed by atoms with Crippen LogP contribution in [0.15, 0.2) is 109 Å². The van der Waals surface area contributed by atoms with Gasteiger partial charge in [-0.05, 0) is 55.8 Å². The van der Waals surface area contributed by atoms with Crippen LogP contribution in [-0.2, 0) is 10.2 Å². The van der Waals surface area contributed by atoms with Gasteiger partial charge in [0.25, 0.3) is 0 Å². The molecule has 1 aromatic heterocycles. The Morgan fingerprint density at radius 2 is 1.56 bits per heavy atom. The molecule has 1 N–H and O–H groups in total. The summed E-state index contributed by atoms with van der Waals surface area (Å²) in [5.41, 5.74) is 7.72. The number of aromatic nitrogens is 1. The number of para-hydroxylation sites is 1. The molecule has 2 aliphatic rings. The zero-order chi connectivity index (χ0) is 27.1. The summed E-state index contributed by atoms with van der Waals surface area (Å²) in [4.78, 5) is 13.7. The maximum atomic E-state index is 13.7. The van der Waals surface area contributed by atoms with Crippen LogP contribution in [0, 0.1) is 6.92 Å². The minimum atomic E-state index is -0.338. The van der Waals surface area contributed by atoms with E-state index in [1.165, 1.54) is 21.9 Å². The second-order valence-corrected chi connectivity index (χ2v) is 11.1. The highest BCUT2D eigenvalue weighted by molar-refractivity contribution is 6.41. The van der Waals surface area contributed by atoms with E-state index in [0.29, 0.717) is 11.1 Å². The van der Waals surface area contributed by atoms with Gasteiger partial charge in [-0.1, -0.05) is 60.2 Å². The Morgan fingerprint density at radius 3 is 2.31 bits per heavy atom. The van der Waals surface area contributed by atoms with Gasteiger partial charge in [0.15, 0.2) is 5.71 Å². The summed E-state index contributed by atoms with van der Waals surface area (Å²) in [5, 5.41) is 14.7. The predicted molar refractivity (Wildman–Crippen MR) is 158 cm³/mol.